The maximum absolute atomic E-state index is 11.7. The van der Waals surface area contributed by atoms with Crippen molar-refractivity contribution < 1.29 is 35.5 Å². The Balaban J connectivity index is 0.00000387. The summed E-state index contributed by atoms with van der Waals surface area (Å²) in [6.07, 6.45) is 1.71. The zero-order valence-electron chi connectivity index (χ0n) is 24.8. The van der Waals surface area contributed by atoms with Crippen molar-refractivity contribution in [3.63, 3.8) is 0 Å². The average Bonchev–Trinajstić information content (AvgIpc) is 3.25. The summed E-state index contributed by atoms with van der Waals surface area (Å²) in [4.78, 5) is 4.29. The fourth-order valence-electron chi connectivity index (χ4n) is 5.22. The zero-order chi connectivity index (χ0) is 28.7. The van der Waals surface area contributed by atoms with E-state index in [1.807, 2.05) is 42.5 Å². The minimum atomic E-state index is -0.259. The molecule has 214 valence electrons. The van der Waals surface area contributed by atoms with Gasteiger partial charge in [0.2, 0.25) is 5.88 Å². The molecule has 0 aliphatic carbocycles. The molecule has 6 heteroatoms. The van der Waals surface area contributed by atoms with Gasteiger partial charge in [-0.1, -0.05) is 84.0 Å². The van der Waals surface area contributed by atoms with Crippen LogP contribution in [0.25, 0.3) is 5.32 Å². The number of rotatable bonds is 5. The second-order valence-electron chi connectivity index (χ2n) is 12.5. The second kappa shape index (κ2) is 11.8. The fourth-order valence-corrected chi connectivity index (χ4v) is 5.22. The smallest absolute Gasteiger partial charge is 0.507 e. The predicted molar refractivity (Wildman–Crippen MR) is 161 cm³/mol. The van der Waals surface area contributed by atoms with Crippen LogP contribution < -0.4 is 4.74 Å². The van der Waals surface area contributed by atoms with Gasteiger partial charge in [-0.15, -0.1) is 17.7 Å². The summed E-state index contributed by atoms with van der Waals surface area (Å²) in [6, 6.07) is 29.2. The Morgan fingerprint density at radius 2 is 1.59 bits per heavy atom. The molecule has 1 N–H and O–H groups in total. The molecule has 41 heavy (non-hydrogen) atoms. The summed E-state index contributed by atoms with van der Waals surface area (Å²) >= 11 is 0. The van der Waals surface area contributed by atoms with E-state index in [0.29, 0.717) is 11.6 Å². The third-order valence-corrected chi connectivity index (χ3v) is 7.44. The second-order valence-corrected chi connectivity index (χ2v) is 12.5. The number of hydrogen-bond acceptors (Lipinski definition) is 3. The molecule has 2 atom stereocenters. The van der Waals surface area contributed by atoms with Gasteiger partial charge in [0.05, 0.1) is 17.6 Å². The van der Waals surface area contributed by atoms with Crippen LogP contribution in [0.4, 0.5) is 0 Å². The van der Waals surface area contributed by atoms with Crippen molar-refractivity contribution >= 4 is 5.84 Å². The van der Waals surface area contributed by atoms with Crippen molar-refractivity contribution in [2.24, 2.45) is 0 Å². The van der Waals surface area contributed by atoms with Crippen LogP contribution in [0.15, 0.2) is 85.1 Å². The van der Waals surface area contributed by atoms with Crippen molar-refractivity contribution in [3.05, 3.63) is 124 Å². The number of pyridine rings is 1. The molecule has 0 saturated heterocycles. The van der Waals surface area contributed by atoms with Gasteiger partial charge in [0.15, 0.2) is 0 Å². The molecular formula is C35H38N3O2Pt+. The largest absolute Gasteiger partial charge is 2.00 e. The molecule has 3 aromatic carbocycles. The van der Waals surface area contributed by atoms with E-state index in [2.05, 4.69) is 101 Å². The number of aromatic hydroxyl groups is 1. The molecular weight excluding hydrogens is 689 g/mol. The Labute approximate surface area is 258 Å². The van der Waals surface area contributed by atoms with Crippen molar-refractivity contribution in [1.29, 1.82) is 0 Å². The first-order chi connectivity index (χ1) is 18.9. The van der Waals surface area contributed by atoms with Crippen LogP contribution in [0.1, 0.15) is 81.4 Å². The van der Waals surface area contributed by atoms with Gasteiger partial charge in [0.25, 0.3) is 0 Å². The van der Waals surface area contributed by atoms with E-state index in [0.717, 1.165) is 28.1 Å². The number of phenolic OH excluding ortho intramolecular Hbond substituents is 1. The number of benzene rings is 3. The molecule has 1 aromatic heterocycles. The summed E-state index contributed by atoms with van der Waals surface area (Å²) in [7, 11) is 2.06. The van der Waals surface area contributed by atoms with E-state index in [1.165, 1.54) is 5.56 Å². The van der Waals surface area contributed by atoms with Gasteiger partial charge in [0.1, 0.15) is 11.6 Å². The third-order valence-electron chi connectivity index (χ3n) is 7.44. The van der Waals surface area contributed by atoms with Gasteiger partial charge < -0.3 is 14.4 Å². The monoisotopic (exact) mass is 727 g/mol. The normalized spacial score (nSPS) is 17.1. The Hall–Kier alpha value is -3.43. The number of ether oxygens (including phenoxy) is 1. The zero-order valence-corrected chi connectivity index (χ0v) is 27.0. The van der Waals surface area contributed by atoms with Crippen LogP contribution in [-0.2, 0) is 31.9 Å². The number of hydrogen-bond donors (Lipinski definition) is 1. The molecule has 0 spiro atoms. The molecule has 5 nitrogen and oxygen atoms in total. The SMILES string of the molecule is C[N+]1=C(c2cc(C(C)(C)C)cc(C(C)(C)C)c2O)[N-]C(c2[c-]c(Oc3ccccn3)ccc2)C1c1ccccc1.[Pt+2]. The van der Waals surface area contributed by atoms with Crippen LogP contribution in [0.3, 0.4) is 0 Å². The Morgan fingerprint density at radius 3 is 2.22 bits per heavy atom. The Bertz CT molecular complexity index is 1540. The molecule has 2 heterocycles. The molecule has 2 unspecified atom stereocenters. The topological polar surface area (TPSA) is 59.5 Å². The quantitative estimate of drug-likeness (QED) is 0.167. The Morgan fingerprint density at radius 1 is 0.878 bits per heavy atom. The molecule has 0 radical (unpaired) electrons. The molecule has 1 aliphatic rings. The van der Waals surface area contributed by atoms with Gasteiger partial charge in [-0.2, -0.15) is 12.1 Å². The van der Waals surface area contributed by atoms with Crippen molar-refractivity contribution in [3.8, 4) is 17.4 Å². The molecule has 5 rings (SSSR count). The van der Waals surface area contributed by atoms with Crippen LogP contribution >= 0.6 is 0 Å². The van der Waals surface area contributed by atoms with E-state index in [4.69, 9.17) is 10.1 Å². The first kappa shape index (κ1) is 30.5. The van der Waals surface area contributed by atoms with Gasteiger partial charge >= 0.3 is 21.1 Å². The minimum absolute atomic E-state index is 0. The van der Waals surface area contributed by atoms with Crippen molar-refractivity contribution in [2.45, 2.75) is 64.5 Å². The van der Waals surface area contributed by atoms with E-state index >= 15 is 0 Å². The maximum Gasteiger partial charge on any atom is 2.00 e. The summed E-state index contributed by atoms with van der Waals surface area (Å²) in [5.41, 5.74) is 4.56. The van der Waals surface area contributed by atoms with E-state index in [1.54, 1.807) is 6.20 Å². The number of nitrogens with zero attached hydrogens (tertiary/aromatic N) is 3. The summed E-state index contributed by atoms with van der Waals surface area (Å²) < 4.78 is 8.20. The van der Waals surface area contributed by atoms with E-state index in [-0.39, 0.29) is 49.7 Å². The maximum atomic E-state index is 11.7. The number of amidine groups is 1. The average molecular weight is 728 g/mol. The van der Waals surface area contributed by atoms with Crippen molar-refractivity contribution in [2.75, 3.05) is 7.05 Å². The van der Waals surface area contributed by atoms with Crippen LogP contribution in [-0.4, -0.2) is 27.5 Å². The number of aromatic nitrogens is 1. The molecule has 4 aromatic rings. The van der Waals surface area contributed by atoms with Crippen LogP contribution in [0.2, 0.25) is 0 Å². The minimum Gasteiger partial charge on any atom is -0.507 e. The number of likely N-dealkylation sites (N-methyl/N-ethyl adjacent to an activating group) is 1. The Kier molecular flexibility index (Phi) is 8.80. The molecule has 1 aliphatic heterocycles. The van der Waals surface area contributed by atoms with Gasteiger partial charge in [-0.3, -0.25) is 5.32 Å². The fraction of sp³-hybridized carbons (Fsp3) is 0.314. The van der Waals surface area contributed by atoms with E-state index in [9.17, 15) is 5.11 Å². The molecule has 0 amide bonds. The predicted octanol–water partition coefficient (Wildman–Crippen LogP) is 8.23. The summed E-state index contributed by atoms with van der Waals surface area (Å²) in [6.45, 7) is 13.0. The van der Waals surface area contributed by atoms with Crippen LogP contribution in [0, 0.1) is 6.07 Å². The van der Waals surface area contributed by atoms with E-state index < -0.39 is 0 Å². The first-order valence-corrected chi connectivity index (χ1v) is 13.8. The molecule has 0 saturated carbocycles. The van der Waals surface area contributed by atoms with Crippen LogP contribution in [0.5, 0.6) is 17.4 Å². The molecule has 0 fully saturated rings. The van der Waals surface area contributed by atoms with Gasteiger partial charge in [-0.25, -0.2) is 4.98 Å². The summed E-state index contributed by atoms with van der Waals surface area (Å²) in [5.74, 6) is 2.15. The third kappa shape index (κ3) is 6.41. The first-order valence-electron chi connectivity index (χ1n) is 13.8. The van der Waals surface area contributed by atoms with Gasteiger partial charge in [0, 0.05) is 30.6 Å². The number of phenols is 1. The van der Waals surface area contributed by atoms with Gasteiger partial charge in [-0.05, 0) is 34.1 Å². The standard InChI is InChI=1S/C35H38N3O2.Pt/c1-34(2,3)25-21-27(32(39)28(22-25)35(4,5)6)33-37-30(31(38(33)7)23-14-9-8-10-15-23)24-16-13-17-26(20-24)40-29-18-11-12-19-36-29;/h8-19,21-22,30-31H,1-7H3,(H,37,39);/q-1;+2. The van der Waals surface area contributed by atoms with Crippen molar-refractivity contribution in [1.82, 2.24) is 4.98 Å². The summed E-state index contributed by atoms with van der Waals surface area (Å²) in [5, 5.41) is 17.0. The molecule has 0 bridgehead atoms.